The number of rotatable bonds is 0. The molecule has 106 valence electrons. The van der Waals surface area contributed by atoms with Crippen LogP contribution in [0.3, 0.4) is 0 Å². The van der Waals surface area contributed by atoms with E-state index in [9.17, 15) is 15.0 Å². The minimum atomic E-state index is -0.626. The minimum absolute atomic E-state index is 0.00935. The molecule has 7 unspecified atom stereocenters. The first-order chi connectivity index (χ1) is 8.87. The van der Waals surface area contributed by atoms with Gasteiger partial charge in [0.15, 0.2) is 0 Å². The number of fused-ring (bicyclic) bond motifs is 3. The molecule has 0 spiro atoms. The van der Waals surface area contributed by atoms with Crippen molar-refractivity contribution in [2.75, 3.05) is 0 Å². The van der Waals surface area contributed by atoms with Crippen LogP contribution in [0.15, 0.2) is 12.2 Å². The van der Waals surface area contributed by atoms with Gasteiger partial charge in [-0.05, 0) is 24.7 Å². The molecule has 7 atom stereocenters. The Balaban J connectivity index is 2.07. The molecular formula is C15H22O4. The maximum absolute atomic E-state index is 11.8. The SMILES string of the molecule is C=C1C(=O)OC2C1CCC(C)C1C(O)CC(O)C21C. The van der Waals surface area contributed by atoms with Crippen molar-refractivity contribution in [1.29, 1.82) is 0 Å². The standard InChI is InChI=1S/C15H22O4/c1-7-4-5-9-8(2)14(18)19-13(9)15(3)11(17)6-10(16)12(7)15/h7,9-13,16-17H,2,4-6H2,1,3H3. The van der Waals surface area contributed by atoms with Crippen LogP contribution >= 0.6 is 0 Å². The Morgan fingerprint density at radius 2 is 2.05 bits per heavy atom. The average Bonchev–Trinajstić information content (AvgIpc) is 2.70. The highest BCUT2D eigenvalue weighted by Gasteiger charge is 2.63. The van der Waals surface area contributed by atoms with E-state index in [-0.39, 0.29) is 23.9 Å². The third kappa shape index (κ3) is 1.56. The molecule has 1 saturated heterocycles. The van der Waals surface area contributed by atoms with Crippen molar-refractivity contribution in [1.82, 2.24) is 0 Å². The third-order valence-electron chi connectivity index (χ3n) is 5.78. The van der Waals surface area contributed by atoms with Crippen LogP contribution in [0.1, 0.15) is 33.1 Å². The predicted octanol–water partition coefficient (Wildman–Crippen LogP) is 1.26. The van der Waals surface area contributed by atoms with Gasteiger partial charge in [0.25, 0.3) is 0 Å². The van der Waals surface area contributed by atoms with Crippen molar-refractivity contribution in [3.8, 4) is 0 Å². The Bertz CT molecular complexity index is 432. The number of ether oxygens (including phenoxy) is 1. The second kappa shape index (κ2) is 4.06. The van der Waals surface area contributed by atoms with Crippen LogP contribution in [0, 0.1) is 23.2 Å². The van der Waals surface area contributed by atoms with E-state index in [0.717, 1.165) is 12.8 Å². The van der Waals surface area contributed by atoms with Crippen molar-refractivity contribution < 1.29 is 19.7 Å². The summed E-state index contributed by atoms with van der Waals surface area (Å²) in [6, 6.07) is 0. The summed E-state index contributed by atoms with van der Waals surface area (Å²) in [6.07, 6.45) is 0.678. The number of carbonyl (C=O) groups excluding carboxylic acids is 1. The first kappa shape index (κ1) is 13.1. The molecule has 1 heterocycles. The summed E-state index contributed by atoms with van der Waals surface area (Å²) in [5.74, 6) is -0.0477. The molecule has 4 nitrogen and oxygen atoms in total. The van der Waals surface area contributed by atoms with E-state index < -0.39 is 17.6 Å². The maximum Gasteiger partial charge on any atom is 0.334 e. The summed E-state index contributed by atoms with van der Waals surface area (Å²) in [6.45, 7) is 7.94. The quantitative estimate of drug-likeness (QED) is 0.512. The summed E-state index contributed by atoms with van der Waals surface area (Å²) in [5, 5.41) is 20.7. The fourth-order valence-corrected chi connectivity index (χ4v) is 4.75. The fraction of sp³-hybridized carbons (Fsp3) is 0.800. The van der Waals surface area contributed by atoms with E-state index in [0.29, 0.717) is 17.9 Å². The van der Waals surface area contributed by atoms with Crippen molar-refractivity contribution >= 4 is 5.97 Å². The number of aliphatic hydroxyl groups is 2. The zero-order chi connectivity index (χ0) is 13.9. The van der Waals surface area contributed by atoms with Crippen molar-refractivity contribution in [2.45, 2.75) is 51.4 Å². The van der Waals surface area contributed by atoms with E-state index in [1.165, 1.54) is 0 Å². The second-order valence-corrected chi connectivity index (χ2v) is 6.72. The molecule has 2 saturated carbocycles. The third-order valence-corrected chi connectivity index (χ3v) is 5.78. The Hall–Kier alpha value is -0.870. The van der Waals surface area contributed by atoms with E-state index in [1.807, 2.05) is 6.92 Å². The van der Waals surface area contributed by atoms with Gasteiger partial charge in [-0.15, -0.1) is 0 Å². The van der Waals surface area contributed by atoms with Gasteiger partial charge in [-0.3, -0.25) is 0 Å². The van der Waals surface area contributed by atoms with Gasteiger partial charge in [0.1, 0.15) is 6.10 Å². The van der Waals surface area contributed by atoms with Crippen LogP contribution in [0.5, 0.6) is 0 Å². The van der Waals surface area contributed by atoms with E-state index in [2.05, 4.69) is 13.5 Å². The van der Waals surface area contributed by atoms with Gasteiger partial charge >= 0.3 is 5.97 Å². The smallest absolute Gasteiger partial charge is 0.334 e. The molecule has 4 heteroatoms. The molecule has 0 bridgehead atoms. The molecule has 0 aromatic carbocycles. The summed E-state index contributed by atoms with van der Waals surface area (Å²) in [7, 11) is 0. The van der Waals surface area contributed by atoms with Gasteiger partial charge in [0.05, 0.1) is 12.2 Å². The molecule has 0 amide bonds. The van der Waals surface area contributed by atoms with Gasteiger partial charge in [-0.1, -0.05) is 20.4 Å². The van der Waals surface area contributed by atoms with E-state index >= 15 is 0 Å². The molecular weight excluding hydrogens is 244 g/mol. The molecule has 3 fully saturated rings. The Morgan fingerprint density at radius 3 is 2.74 bits per heavy atom. The van der Waals surface area contributed by atoms with Crippen molar-refractivity contribution in [3.05, 3.63) is 12.2 Å². The molecule has 3 rings (SSSR count). The number of aliphatic hydroxyl groups excluding tert-OH is 2. The lowest BCUT2D eigenvalue weighted by molar-refractivity contribution is -0.153. The first-order valence-corrected chi connectivity index (χ1v) is 7.13. The predicted molar refractivity (Wildman–Crippen MR) is 69.1 cm³/mol. The average molecular weight is 266 g/mol. The number of carbonyl (C=O) groups is 1. The molecule has 19 heavy (non-hydrogen) atoms. The first-order valence-electron chi connectivity index (χ1n) is 7.13. The van der Waals surface area contributed by atoms with Gasteiger partial charge in [-0.2, -0.15) is 0 Å². The highest BCUT2D eigenvalue weighted by Crippen LogP contribution is 2.58. The topological polar surface area (TPSA) is 66.8 Å². The molecule has 1 aliphatic heterocycles. The number of hydrogen-bond donors (Lipinski definition) is 2. The van der Waals surface area contributed by atoms with Crippen LogP contribution in [0.4, 0.5) is 0 Å². The highest BCUT2D eigenvalue weighted by molar-refractivity contribution is 5.91. The monoisotopic (exact) mass is 266 g/mol. The normalized spacial score (nSPS) is 53.5. The van der Waals surface area contributed by atoms with Crippen LogP contribution < -0.4 is 0 Å². The van der Waals surface area contributed by atoms with Gasteiger partial charge in [-0.25, -0.2) is 4.79 Å². The molecule has 2 N–H and O–H groups in total. The fourth-order valence-electron chi connectivity index (χ4n) is 4.75. The molecule has 0 radical (unpaired) electrons. The van der Waals surface area contributed by atoms with Gasteiger partial charge in [0, 0.05) is 23.3 Å². The second-order valence-electron chi connectivity index (χ2n) is 6.72. The van der Waals surface area contributed by atoms with E-state index in [1.54, 1.807) is 0 Å². The van der Waals surface area contributed by atoms with Crippen molar-refractivity contribution in [2.24, 2.45) is 23.2 Å². The summed E-state index contributed by atoms with van der Waals surface area (Å²) in [4.78, 5) is 11.8. The lowest BCUT2D eigenvalue weighted by Crippen LogP contribution is -2.47. The molecule has 3 aliphatic rings. The minimum Gasteiger partial charge on any atom is -0.458 e. The van der Waals surface area contributed by atoms with Crippen LogP contribution in [0.2, 0.25) is 0 Å². The molecule has 2 aliphatic carbocycles. The lowest BCUT2D eigenvalue weighted by atomic mass is 9.67. The number of esters is 1. The Labute approximate surface area is 113 Å². The lowest BCUT2D eigenvalue weighted by Gasteiger charge is -2.41. The number of hydrogen-bond acceptors (Lipinski definition) is 4. The van der Waals surface area contributed by atoms with Gasteiger partial charge < -0.3 is 14.9 Å². The zero-order valence-electron chi connectivity index (χ0n) is 11.5. The zero-order valence-corrected chi connectivity index (χ0v) is 11.5. The largest absolute Gasteiger partial charge is 0.458 e. The Morgan fingerprint density at radius 1 is 1.37 bits per heavy atom. The van der Waals surface area contributed by atoms with E-state index in [4.69, 9.17) is 4.74 Å². The van der Waals surface area contributed by atoms with Crippen LogP contribution in [-0.4, -0.2) is 34.5 Å². The summed E-state index contributed by atoms with van der Waals surface area (Å²) < 4.78 is 5.53. The van der Waals surface area contributed by atoms with Crippen LogP contribution in [-0.2, 0) is 9.53 Å². The van der Waals surface area contributed by atoms with Crippen LogP contribution in [0.25, 0.3) is 0 Å². The molecule has 0 aromatic rings. The van der Waals surface area contributed by atoms with Crippen molar-refractivity contribution in [3.63, 3.8) is 0 Å². The molecule has 0 aromatic heterocycles. The Kier molecular flexibility index (Phi) is 2.81. The summed E-state index contributed by atoms with van der Waals surface area (Å²) in [5.41, 5.74) is -0.0255. The summed E-state index contributed by atoms with van der Waals surface area (Å²) >= 11 is 0. The maximum atomic E-state index is 11.8. The highest BCUT2D eigenvalue weighted by atomic mass is 16.6. The van der Waals surface area contributed by atoms with Gasteiger partial charge in [0.2, 0.25) is 0 Å².